The van der Waals surface area contributed by atoms with Crippen molar-refractivity contribution in [2.75, 3.05) is 0 Å². The van der Waals surface area contributed by atoms with Crippen LogP contribution in [0.4, 0.5) is 13.2 Å². The Bertz CT molecular complexity index is 347. The van der Waals surface area contributed by atoms with E-state index in [1.807, 2.05) is 0 Å². The molecule has 1 atom stereocenters. The molecular weight excluding hydrogens is 227 g/mol. The molecule has 4 heteroatoms. The molecule has 0 spiro atoms. The van der Waals surface area contributed by atoms with E-state index in [1.165, 1.54) is 12.1 Å². The van der Waals surface area contributed by atoms with Gasteiger partial charge in [0, 0.05) is 6.04 Å². The lowest BCUT2D eigenvalue weighted by atomic mass is 10.0. The number of hydrogen-bond acceptors (Lipinski definition) is 1. The quantitative estimate of drug-likeness (QED) is 0.839. The zero-order valence-electron chi connectivity index (χ0n) is 9.93. The molecule has 0 saturated carbocycles. The molecule has 17 heavy (non-hydrogen) atoms. The summed E-state index contributed by atoms with van der Waals surface area (Å²) >= 11 is 0. The molecule has 0 aliphatic rings. The molecule has 0 fully saturated rings. The molecule has 0 amide bonds. The first-order valence-electron chi connectivity index (χ1n) is 5.85. The second-order valence-electron chi connectivity index (χ2n) is 4.30. The Hall–Kier alpha value is -1.03. The number of unbranched alkanes of at least 4 members (excludes halogenated alkanes) is 1. The highest BCUT2D eigenvalue weighted by Gasteiger charge is 2.30. The number of hydrogen-bond donors (Lipinski definition) is 1. The molecular formula is C13H18F3N. The van der Waals surface area contributed by atoms with E-state index in [9.17, 15) is 13.2 Å². The van der Waals surface area contributed by atoms with Gasteiger partial charge in [-0.05, 0) is 24.5 Å². The van der Waals surface area contributed by atoms with E-state index in [-0.39, 0.29) is 6.04 Å². The minimum absolute atomic E-state index is 0.0570. The Morgan fingerprint density at radius 3 is 2.59 bits per heavy atom. The van der Waals surface area contributed by atoms with Crippen LogP contribution in [0.3, 0.4) is 0 Å². The summed E-state index contributed by atoms with van der Waals surface area (Å²) in [6.45, 7) is 2.07. The summed E-state index contributed by atoms with van der Waals surface area (Å²) in [5.41, 5.74) is 5.93. The summed E-state index contributed by atoms with van der Waals surface area (Å²) in [7, 11) is 0. The van der Waals surface area contributed by atoms with Crippen molar-refractivity contribution in [1.29, 1.82) is 0 Å². The number of nitrogens with two attached hydrogens (primary N) is 1. The van der Waals surface area contributed by atoms with Crippen LogP contribution in [0, 0.1) is 0 Å². The van der Waals surface area contributed by atoms with E-state index in [0.717, 1.165) is 25.3 Å². The smallest absolute Gasteiger partial charge is 0.327 e. The normalized spacial score (nSPS) is 13.7. The molecule has 0 radical (unpaired) electrons. The molecule has 0 heterocycles. The van der Waals surface area contributed by atoms with Gasteiger partial charge in [0.25, 0.3) is 0 Å². The van der Waals surface area contributed by atoms with Crippen molar-refractivity contribution in [3.8, 4) is 0 Å². The molecule has 1 rings (SSSR count). The van der Waals surface area contributed by atoms with Crippen LogP contribution in [-0.4, -0.2) is 6.04 Å². The molecule has 0 aliphatic heterocycles. The second kappa shape index (κ2) is 6.05. The van der Waals surface area contributed by atoms with Crippen molar-refractivity contribution >= 4 is 0 Å². The lowest BCUT2D eigenvalue weighted by Gasteiger charge is -2.13. The topological polar surface area (TPSA) is 26.0 Å². The first kappa shape index (κ1) is 14.0. The average Bonchev–Trinajstić information content (AvgIpc) is 2.25. The fourth-order valence-electron chi connectivity index (χ4n) is 1.75. The van der Waals surface area contributed by atoms with Crippen LogP contribution in [0.5, 0.6) is 0 Å². The van der Waals surface area contributed by atoms with Crippen LogP contribution in [-0.2, 0) is 12.6 Å². The van der Waals surface area contributed by atoms with E-state index in [1.54, 1.807) is 6.07 Å². The molecule has 1 nitrogen and oxygen atoms in total. The standard InChI is InChI=1S/C13H18F3N/c1-2-3-7-12(17)9-10-5-4-6-11(8-10)13(14,15)16/h4-6,8,12H,2-3,7,9,17H2,1H3. The molecule has 0 bridgehead atoms. The molecule has 1 aromatic rings. The average molecular weight is 245 g/mol. The number of halogens is 3. The molecule has 0 aromatic heterocycles. The summed E-state index contributed by atoms with van der Waals surface area (Å²) in [5, 5.41) is 0. The third kappa shape index (κ3) is 4.77. The third-order valence-corrected chi connectivity index (χ3v) is 2.68. The Kier molecular flexibility index (Phi) is 5.00. The lowest BCUT2D eigenvalue weighted by molar-refractivity contribution is -0.137. The molecule has 0 saturated heterocycles. The summed E-state index contributed by atoms with van der Waals surface area (Å²) in [4.78, 5) is 0. The largest absolute Gasteiger partial charge is 0.416 e. The Balaban J connectivity index is 2.66. The van der Waals surface area contributed by atoms with Gasteiger partial charge in [0.1, 0.15) is 0 Å². The van der Waals surface area contributed by atoms with Gasteiger partial charge in [0.05, 0.1) is 5.56 Å². The molecule has 2 N–H and O–H groups in total. The van der Waals surface area contributed by atoms with Crippen molar-refractivity contribution in [2.45, 2.75) is 44.8 Å². The summed E-state index contributed by atoms with van der Waals surface area (Å²) in [6.07, 6.45) is -0.851. The fraction of sp³-hybridized carbons (Fsp3) is 0.538. The van der Waals surface area contributed by atoms with Crippen LogP contribution in [0.1, 0.15) is 37.3 Å². The minimum Gasteiger partial charge on any atom is -0.327 e. The summed E-state index contributed by atoms with van der Waals surface area (Å²) in [6, 6.07) is 5.34. The van der Waals surface area contributed by atoms with Gasteiger partial charge in [0.15, 0.2) is 0 Å². The van der Waals surface area contributed by atoms with Gasteiger partial charge in [-0.25, -0.2) is 0 Å². The maximum atomic E-state index is 12.5. The van der Waals surface area contributed by atoms with Gasteiger partial charge in [-0.1, -0.05) is 38.0 Å². The SMILES string of the molecule is CCCCC(N)Cc1cccc(C(F)(F)F)c1. The monoisotopic (exact) mass is 245 g/mol. The third-order valence-electron chi connectivity index (χ3n) is 2.68. The van der Waals surface area contributed by atoms with Crippen LogP contribution >= 0.6 is 0 Å². The predicted molar refractivity (Wildman–Crippen MR) is 62.6 cm³/mol. The molecule has 96 valence electrons. The first-order valence-corrected chi connectivity index (χ1v) is 5.85. The zero-order valence-corrected chi connectivity index (χ0v) is 9.93. The van der Waals surface area contributed by atoms with E-state index < -0.39 is 11.7 Å². The fourth-order valence-corrected chi connectivity index (χ4v) is 1.75. The van der Waals surface area contributed by atoms with Crippen LogP contribution in [0.15, 0.2) is 24.3 Å². The van der Waals surface area contributed by atoms with Gasteiger partial charge in [-0.2, -0.15) is 13.2 Å². The summed E-state index contributed by atoms with van der Waals surface area (Å²) < 4.78 is 37.4. The van der Waals surface area contributed by atoms with Crippen molar-refractivity contribution in [3.05, 3.63) is 35.4 Å². The molecule has 1 unspecified atom stereocenters. The maximum absolute atomic E-state index is 12.5. The Labute approximate surface area is 99.8 Å². The second-order valence-corrected chi connectivity index (χ2v) is 4.30. The molecule has 0 aliphatic carbocycles. The predicted octanol–water partition coefficient (Wildman–Crippen LogP) is 3.77. The molecule has 1 aromatic carbocycles. The van der Waals surface area contributed by atoms with Gasteiger partial charge in [-0.15, -0.1) is 0 Å². The van der Waals surface area contributed by atoms with Crippen molar-refractivity contribution in [3.63, 3.8) is 0 Å². The number of rotatable bonds is 5. The highest BCUT2D eigenvalue weighted by molar-refractivity contribution is 5.26. The van der Waals surface area contributed by atoms with E-state index in [4.69, 9.17) is 5.73 Å². The highest BCUT2D eigenvalue weighted by atomic mass is 19.4. The Morgan fingerprint density at radius 2 is 2.00 bits per heavy atom. The van der Waals surface area contributed by atoms with Crippen LogP contribution < -0.4 is 5.73 Å². The van der Waals surface area contributed by atoms with Gasteiger partial charge in [0.2, 0.25) is 0 Å². The van der Waals surface area contributed by atoms with E-state index in [0.29, 0.717) is 12.0 Å². The van der Waals surface area contributed by atoms with E-state index >= 15 is 0 Å². The van der Waals surface area contributed by atoms with E-state index in [2.05, 4.69) is 6.92 Å². The zero-order chi connectivity index (χ0) is 12.9. The number of benzene rings is 1. The van der Waals surface area contributed by atoms with Gasteiger partial charge in [-0.3, -0.25) is 0 Å². The summed E-state index contributed by atoms with van der Waals surface area (Å²) in [5.74, 6) is 0. The highest BCUT2D eigenvalue weighted by Crippen LogP contribution is 2.29. The van der Waals surface area contributed by atoms with Gasteiger partial charge >= 0.3 is 6.18 Å². The minimum atomic E-state index is -4.27. The van der Waals surface area contributed by atoms with Crippen molar-refractivity contribution < 1.29 is 13.2 Å². The number of alkyl halides is 3. The first-order chi connectivity index (χ1) is 7.93. The lowest BCUT2D eigenvalue weighted by Crippen LogP contribution is -2.22. The van der Waals surface area contributed by atoms with Crippen molar-refractivity contribution in [1.82, 2.24) is 0 Å². The maximum Gasteiger partial charge on any atom is 0.416 e. The van der Waals surface area contributed by atoms with Gasteiger partial charge < -0.3 is 5.73 Å². The van der Waals surface area contributed by atoms with Crippen LogP contribution in [0.2, 0.25) is 0 Å². The Morgan fingerprint density at radius 1 is 1.29 bits per heavy atom. The van der Waals surface area contributed by atoms with Crippen molar-refractivity contribution in [2.24, 2.45) is 5.73 Å². The van der Waals surface area contributed by atoms with Crippen LogP contribution in [0.25, 0.3) is 0 Å².